The minimum Gasteiger partial charge on any atom is -0.479 e. The van der Waals surface area contributed by atoms with Crippen LogP contribution in [0.4, 0.5) is 0 Å². The van der Waals surface area contributed by atoms with Crippen molar-refractivity contribution in [2.24, 2.45) is 11.8 Å². The molecular formula is C19H20Cl2N2O. The first-order valence-electron chi connectivity index (χ1n) is 8.52. The van der Waals surface area contributed by atoms with Gasteiger partial charge in [-0.15, -0.1) is 5.10 Å². The molecule has 1 atom stereocenters. The van der Waals surface area contributed by atoms with Crippen LogP contribution in [-0.2, 0) is 0 Å². The molecule has 1 aromatic carbocycles. The maximum Gasteiger partial charge on any atom is 0.241 e. The Morgan fingerprint density at radius 3 is 2.42 bits per heavy atom. The van der Waals surface area contributed by atoms with Crippen molar-refractivity contribution in [3.8, 4) is 17.0 Å². The van der Waals surface area contributed by atoms with Gasteiger partial charge in [0, 0.05) is 11.5 Å². The molecule has 0 saturated heterocycles. The van der Waals surface area contributed by atoms with Crippen molar-refractivity contribution in [3.63, 3.8) is 0 Å². The molecule has 24 heavy (non-hydrogen) atoms. The van der Waals surface area contributed by atoms with Crippen LogP contribution in [-0.4, -0.2) is 17.3 Å². The van der Waals surface area contributed by atoms with Gasteiger partial charge in [0.15, 0.2) is 0 Å². The number of methoxy groups -OCH3 is 1. The average molecular weight is 363 g/mol. The second-order valence-corrected chi connectivity index (χ2v) is 7.76. The van der Waals surface area contributed by atoms with E-state index < -0.39 is 0 Å². The van der Waals surface area contributed by atoms with E-state index >= 15 is 0 Å². The van der Waals surface area contributed by atoms with Gasteiger partial charge in [0.2, 0.25) is 5.88 Å². The summed E-state index contributed by atoms with van der Waals surface area (Å²) in [5.41, 5.74) is 2.98. The monoisotopic (exact) mass is 362 g/mol. The van der Waals surface area contributed by atoms with Crippen molar-refractivity contribution >= 4 is 23.2 Å². The van der Waals surface area contributed by atoms with Gasteiger partial charge in [-0.05, 0) is 54.9 Å². The number of halogens is 2. The Labute approximate surface area is 152 Å². The minimum absolute atomic E-state index is 0.525. The molecule has 2 bridgehead atoms. The summed E-state index contributed by atoms with van der Waals surface area (Å²) in [5.74, 6) is 2.66. The molecular weight excluding hydrogens is 343 g/mol. The third-order valence-corrected chi connectivity index (χ3v) is 6.37. The molecule has 5 rings (SSSR count). The van der Waals surface area contributed by atoms with Crippen molar-refractivity contribution in [1.29, 1.82) is 0 Å². The van der Waals surface area contributed by atoms with E-state index in [0.717, 1.165) is 28.7 Å². The fraction of sp³-hybridized carbons (Fsp3) is 0.474. The van der Waals surface area contributed by atoms with Gasteiger partial charge in [-0.1, -0.05) is 42.1 Å². The van der Waals surface area contributed by atoms with E-state index in [1.54, 1.807) is 13.2 Å². The van der Waals surface area contributed by atoms with E-state index in [2.05, 4.69) is 16.3 Å². The molecule has 0 spiro atoms. The number of rotatable bonds is 3. The van der Waals surface area contributed by atoms with Crippen LogP contribution in [0.3, 0.4) is 0 Å². The standard InChI is InChI=1S/C19H20Cl2N2O/c1-24-19-15(13-6-7-16(20)17(21)9-13)10-18(22-23-19)14-8-11-2-4-12(14)5-3-11/h6-7,9-12,14H,2-5,8H2,1H3. The van der Waals surface area contributed by atoms with Gasteiger partial charge in [0.05, 0.1) is 22.8 Å². The molecule has 1 heterocycles. The lowest BCUT2D eigenvalue weighted by atomic mass is 9.64. The minimum atomic E-state index is 0.525. The molecule has 3 aliphatic carbocycles. The van der Waals surface area contributed by atoms with E-state index in [9.17, 15) is 0 Å². The van der Waals surface area contributed by atoms with Crippen LogP contribution in [0.2, 0.25) is 10.0 Å². The first kappa shape index (κ1) is 16.2. The van der Waals surface area contributed by atoms with Gasteiger partial charge < -0.3 is 4.74 Å². The number of fused-ring (bicyclic) bond motifs is 3. The Bertz CT molecular complexity index is 757. The first-order chi connectivity index (χ1) is 11.7. The van der Waals surface area contributed by atoms with Crippen LogP contribution in [0.5, 0.6) is 5.88 Å². The molecule has 0 amide bonds. The van der Waals surface area contributed by atoms with Crippen molar-refractivity contribution in [2.45, 2.75) is 38.0 Å². The lowest BCUT2D eigenvalue weighted by Crippen LogP contribution is -2.30. The molecule has 0 aliphatic heterocycles. The smallest absolute Gasteiger partial charge is 0.241 e. The van der Waals surface area contributed by atoms with Crippen LogP contribution < -0.4 is 4.74 Å². The van der Waals surface area contributed by atoms with E-state index in [4.69, 9.17) is 27.9 Å². The third kappa shape index (κ3) is 2.89. The quantitative estimate of drug-likeness (QED) is 0.696. The van der Waals surface area contributed by atoms with E-state index in [1.165, 1.54) is 32.1 Å². The van der Waals surface area contributed by atoms with Gasteiger partial charge >= 0.3 is 0 Å². The average Bonchev–Trinajstić information content (AvgIpc) is 2.64. The summed E-state index contributed by atoms with van der Waals surface area (Å²) in [7, 11) is 1.62. The zero-order valence-corrected chi connectivity index (χ0v) is 15.1. The summed E-state index contributed by atoms with van der Waals surface area (Å²) < 4.78 is 5.42. The predicted octanol–water partition coefficient (Wildman–Crippen LogP) is 5.75. The molecule has 126 valence electrons. The largest absolute Gasteiger partial charge is 0.479 e. The van der Waals surface area contributed by atoms with Gasteiger partial charge in [-0.3, -0.25) is 0 Å². The fourth-order valence-corrected chi connectivity index (χ4v) is 4.64. The molecule has 1 unspecified atom stereocenters. The van der Waals surface area contributed by atoms with E-state index in [0.29, 0.717) is 21.8 Å². The van der Waals surface area contributed by atoms with Gasteiger partial charge in [-0.25, -0.2) is 0 Å². The van der Waals surface area contributed by atoms with Gasteiger partial charge in [0.1, 0.15) is 0 Å². The maximum atomic E-state index is 6.19. The number of ether oxygens (including phenoxy) is 1. The summed E-state index contributed by atoms with van der Waals surface area (Å²) in [4.78, 5) is 0. The zero-order valence-electron chi connectivity index (χ0n) is 13.6. The Kier molecular flexibility index (Phi) is 4.40. The number of benzene rings is 1. The Balaban J connectivity index is 1.74. The Morgan fingerprint density at radius 2 is 1.79 bits per heavy atom. The van der Waals surface area contributed by atoms with Crippen LogP contribution in [0, 0.1) is 11.8 Å². The molecule has 3 fully saturated rings. The Morgan fingerprint density at radius 1 is 1.00 bits per heavy atom. The maximum absolute atomic E-state index is 6.19. The molecule has 3 aliphatic rings. The molecule has 5 heteroatoms. The highest BCUT2D eigenvalue weighted by Crippen LogP contribution is 2.49. The highest BCUT2D eigenvalue weighted by molar-refractivity contribution is 6.42. The summed E-state index contributed by atoms with van der Waals surface area (Å²) in [6.07, 6.45) is 6.65. The van der Waals surface area contributed by atoms with Crippen LogP contribution in [0.25, 0.3) is 11.1 Å². The van der Waals surface area contributed by atoms with Crippen LogP contribution >= 0.6 is 23.2 Å². The normalized spacial score (nSPS) is 25.7. The van der Waals surface area contributed by atoms with Crippen molar-refractivity contribution in [2.75, 3.05) is 7.11 Å². The molecule has 1 aromatic heterocycles. The second kappa shape index (κ2) is 6.53. The molecule has 0 radical (unpaired) electrons. The summed E-state index contributed by atoms with van der Waals surface area (Å²) in [6, 6.07) is 7.75. The van der Waals surface area contributed by atoms with E-state index in [-0.39, 0.29) is 0 Å². The topological polar surface area (TPSA) is 35.0 Å². The van der Waals surface area contributed by atoms with Crippen LogP contribution in [0.1, 0.15) is 43.7 Å². The molecule has 2 aromatic rings. The van der Waals surface area contributed by atoms with Crippen LogP contribution in [0.15, 0.2) is 24.3 Å². The number of hydrogen-bond acceptors (Lipinski definition) is 3. The summed E-state index contributed by atoms with van der Waals surface area (Å²) in [6.45, 7) is 0. The molecule has 3 saturated carbocycles. The second-order valence-electron chi connectivity index (χ2n) is 6.94. The Hall–Kier alpha value is -1.32. The highest BCUT2D eigenvalue weighted by atomic mass is 35.5. The van der Waals surface area contributed by atoms with Crippen molar-refractivity contribution in [1.82, 2.24) is 10.2 Å². The third-order valence-electron chi connectivity index (χ3n) is 5.63. The van der Waals surface area contributed by atoms with Crippen molar-refractivity contribution < 1.29 is 4.74 Å². The van der Waals surface area contributed by atoms with Gasteiger partial charge in [-0.2, -0.15) is 5.10 Å². The fourth-order valence-electron chi connectivity index (χ4n) is 4.34. The van der Waals surface area contributed by atoms with Crippen molar-refractivity contribution in [3.05, 3.63) is 40.0 Å². The lowest BCUT2D eigenvalue weighted by Gasteiger charge is -2.42. The first-order valence-corrected chi connectivity index (χ1v) is 9.28. The highest BCUT2D eigenvalue weighted by Gasteiger charge is 2.37. The number of aromatic nitrogens is 2. The number of nitrogens with zero attached hydrogens (tertiary/aromatic N) is 2. The zero-order chi connectivity index (χ0) is 16.7. The summed E-state index contributed by atoms with van der Waals surface area (Å²) in [5, 5.41) is 9.90. The lowest BCUT2D eigenvalue weighted by molar-refractivity contribution is 0.142. The SMILES string of the molecule is COc1nnc(C2CC3CCC2CC3)cc1-c1ccc(Cl)c(Cl)c1. The van der Waals surface area contributed by atoms with Gasteiger partial charge in [0.25, 0.3) is 0 Å². The predicted molar refractivity (Wildman–Crippen MR) is 96.8 cm³/mol. The molecule has 3 nitrogen and oxygen atoms in total. The number of hydrogen-bond donors (Lipinski definition) is 0. The molecule has 0 N–H and O–H groups in total. The summed E-state index contributed by atoms with van der Waals surface area (Å²) >= 11 is 12.2. The van der Waals surface area contributed by atoms with E-state index in [1.807, 2.05) is 12.1 Å².